The lowest BCUT2D eigenvalue weighted by Gasteiger charge is -2.10. The van der Waals surface area contributed by atoms with E-state index in [2.05, 4.69) is 26.1 Å². The Bertz CT molecular complexity index is 691. The summed E-state index contributed by atoms with van der Waals surface area (Å²) < 4.78 is 44.3. The molecule has 2 rings (SSSR count). The molecule has 0 bridgehead atoms. The van der Waals surface area contributed by atoms with Gasteiger partial charge < -0.3 is 4.52 Å². The third kappa shape index (κ3) is 3.61. The largest absolute Gasteiger partial charge is 0.417 e. The number of hydrogen-bond acceptors (Lipinski definition) is 4. The highest BCUT2D eigenvalue weighted by molar-refractivity contribution is 9.10. The van der Waals surface area contributed by atoms with Gasteiger partial charge in [0.05, 0.1) is 17.6 Å². The van der Waals surface area contributed by atoms with Gasteiger partial charge in [-0.25, -0.2) is 0 Å². The predicted octanol–water partition coefficient (Wildman–Crippen LogP) is 4.22. The van der Waals surface area contributed by atoms with Crippen LogP contribution in [0, 0.1) is 17.2 Å². The Kier molecular flexibility index (Phi) is 4.32. The quantitative estimate of drug-likeness (QED) is 0.822. The molecule has 0 fully saturated rings. The molecule has 0 spiro atoms. The SMILES string of the molecule is CC(C#N)Cc1nc(-c2ccc(Br)cc2C(F)(F)F)no1. The summed E-state index contributed by atoms with van der Waals surface area (Å²) in [7, 11) is 0. The Morgan fingerprint density at radius 1 is 1.43 bits per heavy atom. The number of alkyl halides is 3. The summed E-state index contributed by atoms with van der Waals surface area (Å²) in [6, 6.07) is 5.70. The lowest BCUT2D eigenvalue weighted by Crippen LogP contribution is -2.07. The molecule has 21 heavy (non-hydrogen) atoms. The van der Waals surface area contributed by atoms with Crippen LogP contribution in [-0.2, 0) is 12.6 Å². The molecule has 1 aromatic carbocycles. The molecular formula is C13H9BrF3N3O. The summed E-state index contributed by atoms with van der Waals surface area (Å²) in [5.41, 5.74) is -1.01. The molecule has 1 heterocycles. The lowest BCUT2D eigenvalue weighted by atomic mass is 10.1. The first-order valence-corrected chi connectivity index (χ1v) is 6.70. The molecule has 2 aromatic rings. The van der Waals surface area contributed by atoms with Gasteiger partial charge in [-0.05, 0) is 25.1 Å². The van der Waals surface area contributed by atoms with E-state index in [1.165, 1.54) is 12.1 Å². The second kappa shape index (κ2) is 5.85. The molecule has 1 unspecified atom stereocenters. The van der Waals surface area contributed by atoms with E-state index in [1.807, 2.05) is 6.07 Å². The minimum absolute atomic E-state index is 0.134. The molecule has 0 saturated carbocycles. The van der Waals surface area contributed by atoms with Crippen LogP contribution in [0.2, 0.25) is 0 Å². The van der Waals surface area contributed by atoms with Crippen LogP contribution < -0.4 is 0 Å². The molecule has 0 aliphatic rings. The molecule has 8 heteroatoms. The van der Waals surface area contributed by atoms with Crippen molar-refractivity contribution in [3.63, 3.8) is 0 Å². The van der Waals surface area contributed by atoms with E-state index in [0.717, 1.165) is 6.07 Å². The van der Waals surface area contributed by atoms with Crippen LogP contribution in [0.1, 0.15) is 18.4 Å². The topological polar surface area (TPSA) is 62.7 Å². The van der Waals surface area contributed by atoms with E-state index in [0.29, 0.717) is 4.47 Å². The first-order chi connectivity index (χ1) is 9.81. The van der Waals surface area contributed by atoms with Crippen LogP contribution in [0.3, 0.4) is 0 Å². The number of aromatic nitrogens is 2. The van der Waals surface area contributed by atoms with Crippen molar-refractivity contribution in [3.8, 4) is 17.5 Å². The number of nitriles is 1. The van der Waals surface area contributed by atoms with Gasteiger partial charge in [-0.2, -0.15) is 23.4 Å². The summed E-state index contributed by atoms with van der Waals surface area (Å²) in [5, 5.41) is 12.3. The fraction of sp³-hybridized carbons (Fsp3) is 0.308. The van der Waals surface area contributed by atoms with Crippen molar-refractivity contribution >= 4 is 15.9 Å². The summed E-state index contributed by atoms with van der Waals surface area (Å²) >= 11 is 3.01. The van der Waals surface area contributed by atoms with Crippen molar-refractivity contribution in [2.75, 3.05) is 0 Å². The predicted molar refractivity (Wildman–Crippen MR) is 70.9 cm³/mol. The van der Waals surface area contributed by atoms with Gasteiger partial charge in [0.15, 0.2) is 0 Å². The maximum absolute atomic E-state index is 13.0. The van der Waals surface area contributed by atoms with Crippen molar-refractivity contribution in [2.45, 2.75) is 19.5 Å². The van der Waals surface area contributed by atoms with Crippen LogP contribution in [0.15, 0.2) is 27.2 Å². The first kappa shape index (κ1) is 15.5. The Morgan fingerprint density at radius 3 is 2.76 bits per heavy atom. The molecule has 0 aliphatic heterocycles. The first-order valence-electron chi connectivity index (χ1n) is 5.90. The van der Waals surface area contributed by atoms with E-state index in [-0.39, 0.29) is 29.6 Å². The van der Waals surface area contributed by atoms with Gasteiger partial charge in [-0.15, -0.1) is 0 Å². The van der Waals surface area contributed by atoms with Gasteiger partial charge in [0.25, 0.3) is 0 Å². The number of benzene rings is 1. The third-order valence-corrected chi connectivity index (χ3v) is 3.19. The summed E-state index contributed by atoms with van der Waals surface area (Å²) in [4.78, 5) is 3.93. The van der Waals surface area contributed by atoms with E-state index in [1.54, 1.807) is 6.92 Å². The molecule has 0 radical (unpaired) electrons. The minimum atomic E-state index is -4.53. The number of rotatable bonds is 3. The van der Waals surface area contributed by atoms with Crippen molar-refractivity contribution in [3.05, 3.63) is 34.1 Å². The number of halogens is 4. The highest BCUT2D eigenvalue weighted by Crippen LogP contribution is 2.37. The van der Waals surface area contributed by atoms with E-state index in [4.69, 9.17) is 9.78 Å². The van der Waals surface area contributed by atoms with Gasteiger partial charge in [0, 0.05) is 16.5 Å². The van der Waals surface area contributed by atoms with Gasteiger partial charge in [0.1, 0.15) is 0 Å². The van der Waals surface area contributed by atoms with Crippen molar-refractivity contribution in [1.29, 1.82) is 5.26 Å². The fourth-order valence-corrected chi connectivity index (χ4v) is 2.06. The Morgan fingerprint density at radius 2 is 2.14 bits per heavy atom. The van der Waals surface area contributed by atoms with Crippen molar-refractivity contribution in [1.82, 2.24) is 10.1 Å². The fourth-order valence-electron chi connectivity index (χ4n) is 1.70. The molecule has 0 saturated heterocycles. The third-order valence-electron chi connectivity index (χ3n) is 2.70. The maximum atomic E-state index is 13.0. The molecule has 110 valence electrons. The van der Waals surface area contributed by atoms with Crippen LogP contribution in [0.4, 0.5) is 13.2 Å². The van der Waals surface area contributed by atoms with Crippen molar-refractivity contribution < 1.29 is 17.7 Å². The van der Waals surface area contributed by atoms with E-state index >= 15 is 0 Å². The molecular weight excluding hydrogens is 351 g/mol. The molecule has 4 nitrogen and oxygen atoms in total. The van der Waals surface area contributed by atoms with Crippen molar-refractivity contribution in [2.24, 2.45) is 5.92 Å². The van der Waals surface area contributed by atoms with Crippen LogP contribution in [0.25, 0.3) is 11.4 Å². The second-order valence-corrected chi connectivity index (χ2v) is 5.35. The zero-order chi connectivity index (χ0) is 15.6. The second-order valence-electron chi connectivity index (χ2n) is 4.43. The number of hydrogen-bond donors (Lipinski definition) is 0. The maximum Gasteiger partial charge on any atom is 0.417 e. The lowest BCUT2D eigenvalue weighted by molar-refractivity contribution is -0.137. The van der Waals surface area contributed by atoms with Gasteiger partial charge in [0.2, 0.25) is 11.7 Å². The molecule has 1 aromatic heterocycles. The smallest absolute Gasteiger partial charge is 0.339 e. The van der Waals surface area contributed by atoms with E-state index < -0.39 is 11.7 Å². The van der Waals surface area contributed by atoms with Crippen LogP contribution in [0.5, 0.6) is 0 Å². The monoisotopic (exact) mass is 359 g/mol. The van der Waals surface area contributed by atoms with Gasteiger partial charge >= 0.3 is 6.18 Å². The van der Waals surface area contributed by atoms with Crippen LogP contribution in [-0.4, -0.2) is 10.1 Å². The number of nitrogens with zero attached hydrogens (tertiary/aromatic N) is 3. The summed E-state index contributed by atoms with van der Waals surface area (Å²) in [6.07, 6.45) is -4.33. The van der Waals surface area contributed by atoms with E-state index in [9.17, 15) is 13.2 Å². The highest BCUT2D eigenvalue weighted by atomic mass is 79.9. The highest BCUT2D eigenvalue weighted by Gasteiger charge is 2.35. The summed E-state index contributed by atoms with van der Waals surface area (Å²) in [5.74, 6) is -0.365. The standard InChI is InChI=1S/C13H9BrF3N3O/c1-7(6-18)4-11-19-12(20-21-11)9-3-2-8(14)5-10(9)13(15,16)17/h2-3,5,7H,4H2,1H3. The Balaban J connectivity index is 2.41. The van der Waals surface area contributed by atoms with Gasteiger partial charge in [-0.3, -0.25) is 0 Å². The Labute approximate surface area is 126 Å². The van der Waals surface area contributed by atoms with Crippen LogP contribution >= 0.6 is 15.9 Å². The molecule has 0 amide bonds. The zero-order valence-electron chi connectivity index (χ0n) is 10.8. The minimum Gasteiger partial charge on any atom is -0.339 e. The summed E-state index contributed by atoms with van der Waals surface area (Å²) in [6.45, 7) is 1.66. The average Bonchev–Trinajstić information content (AvgIpc) is 2.85. The zero-order valence-corrected chi connectivity index (χ0v) is 12.4. The molecule has 0 N–H and O–H groups in total. The normalized spacial score (nSPS) is 13.0. The van der Waals surface area contributed by atoms with Gasteiger partial charge in [-0.1, -0.05) is 21.1 Å². The Hall–Kier alpha value is -1.88. The average molecular weight is 360 g/mol. The molecule has 0 aliphatic carbocycles. The molecule has 1 atom stereocenters.